The lowest BCUT2D eigenvalue weighted by atomic mass is 9.94. The minimum atomic E-state index is -0.861. The van der Waals surface area contributed by atoms with Crippen LogP contribution in [0.5, 0.6) is 11.5 Å². The number of hydrogen-bond donors (Lipinski definition) is 1. The normalized spacial score (nSPS) is 17.1. The molecule has 1 aliphatic heterocycles. The maximum atomic E-state index is 13.4. The molecule has 36 heavy (non-hydrogen) atoms. The van der Waals surface area contributed by atoms with E-state index in [4.69, 9.17) is 9.47 Å². The van der Waals surface area contributed by atoms with Crippen molar-refractivity contribution in [3.8, 4) is 11.5 Å². The fourth-order valence-corrected chi connectivity index (χ4v) is 4.29. The number of amides is 1. The Hall–Kier alpha value is -4.06. The first kappa shape index (κ1) is 25.0. The van der Waals surface area contributed by atoms with Gasteiger partial charge in [0.05, 0.1) is 25.3 Å². The van der Waals surface area contributed by atoms with Gasteiger partial charge in [-0.2, -0.15) is 0 Å². The molecule has 6 nitrogen and oxygen atoms in total. The summed E-state index contributed by atoms with van der Waals surface area (Å²) in [6.45, 7) is 8.63. The predicted molar refractivity (Wildman–Crippen MR) is 140 cm³/mol. The van der Waals surface area contributed by atoms with Crippen LogP contribution >= 0.6 is 0 Å². The third kappa shape index (κ3) is 4.71. The summed E-state index contributed by atoms with van der Waals surface area (Å²) in [6, 6.07) is 18.8. The molecule has 1 heterocycles. The van der Waals surface area contributed by atoms with Gasteiger partial charge in [-0.3, -0.25) is 14.5 Å². The Kier molecular flexibility index (Phi) is 7.15. The number of carbonyl (C=O) groups is 2. The lowest BCUT2D eigenvalue weighted by molar-refractivity contribution is -0.132. The van der Waals surface area contributed by atoms with Crippen LogP contribution in [-0.4, -0.2) is 30.5 Å². The Bertz CT molecular complexity index is 1320. The van der Waals surface area contributed by atoms with Crippen LogP contribution in [0.3, 0.4) is 0 Å². The Labute approximate surface area is 211 Å². The molecule has 4 rings (SSSR count). The first-order valence-corrected chi connectivity index (χ1v) is 12.0. The number of nitrogens with zero attached hydrogens (tertiary/aromatic N) is 1. The van der Waals surface area contributed by atoms with E-state index in [-0.39, 0.29) is 11.3 Å². The molecule has 3 aromatic carbocycles. The highest BCUT2D eigenvalue weighted by Crippen LogP contribution is 2.45. The summed E-state index contributed by atoms with van der Waals surface area (Å²) in [6.07, 6.45) is 0. The number of ketones is 1. The number of Topliss-reactive ketones (excluding diaryl/α,β-unsaturated/α-hetero) is 1. The minimum absolute atomic E-state index is 0.0126. The second-order valence-electron chi connectivity index (χ2n) is 9.41. The van der Waals surface area contributed by atoms with E-state index >= 15 is 0 Å². The van der Waals surface area contributed by atoms with Gasteiger partial charge in [0.25, 0.3) is 11.7 Å². The number of benzene rings is 3. The van der Waals surface area contributed by atoms with Crippen molar-refractivity contribution in [2.75, 3.05) is 18.6 Å². The molecule has 186 valence electrons. The van der Waals surface area contributed by atoms with Crippen LogP contribution in [0.4, 0.5) is 5.69 Å². The van der Waals surface area contributed by atoms with Crippen LogP contribution in [0.25, 0.3) is 5.76 Å². The molecule has 3 aromatic rings. The molecule has 1 aliphatic rings. The van der Waals surface area contributed by atoms with Gasteiger partial charge in [0.1, 0.15) is 17.3 Å². The zero-order chi connectivity index (χ0) is 26.0. The van der Waals surface area contributed by atoms with Crippen molar-refractivity contribution in [1.29, 1.82) is 0 Å². The first-order chi connectivity index (χ1) is 17.2. The molecule has 1 N–H and O–H groups in total. The van der Waals surface area contributed by atoms with Gasteiger partial charge in [-0.15, -0.1) is 0 Å². The van der Waals surface area contributed by atoms with Crippen molar-refractivity contribution in [3.63, 3.8) is 0 Å². The van der Waals surface area contributed by atoms with E-state index < -0.39 is 17.7 Å². The topological polar surface area (TPSA) is 76.1 Å². The third-order valence-corrected chi connectivity index (χ3v) is 6.36. The summed E-state index contributed by atoms with van der Waals surface area (Å²) in [5, 5.41) is 11.4. The van der Waals surface area contributed by atoms with Crippen molar-refractivity contribution < 1.29 is 24.2 Å². The Morgan fingerprint density at radius 2 is 1.67 bits per heavy atom. The fourth-order valence-electron chi connectivity index (χ4n) is 4.29. The van der Waals surface area contributed by atoms with Gasteiger partial charge in [-0.1, -0.05) is 38.1 Å². The quantitative estimate of drug-likeness (QED) is 0.253. The molecule has 1 fully saturated rings. The summed E-state index contributed by atoms with van der Waals surface area (Å²) in [7, 11) is 1.54. The van der Waals surface area contributed by atoms with Gasteiger partial charge in [-0.25, -0.2) is 0 Å². The molecule has 0 bridgehead atoms. The summed E-state index contributed by atoms with van der Waals surface area (Å²) >= 11 is 0. The number of methoxy groups -OCH3 is 1. The maximum Gasteiger partial charge on any atom is 0.300 e. The van der Waals surface area contributed by atoms with E-state index in [1.807, 2.05) is 44.2 Å². The summed E-state index contributed by atoms with van der Waals surface area (Å²) in [5.74, 6) is -0.139. The molecule has 1 saturated heterocycles. The number of aliphatic hydroxyl groups excluding tert-OH is 1. The minimum Gasteiger partial charge on any atom is -0.507 e. The second-order valence-corrected chi connectivity index (χ2v) is 9.41. The molecule has 0 radical (unpaired) electrons. The lowest BCUT2D eigenvalue weighted by Crippen LogP contribution is -2.29. The number of anilines is 1. The van der Waals surface area contributed by atoms with Crippen LogP contribution in [0.1, 0.15) is 42.1 Å². The average molecular weight is 486 g/mol. The molecule has 0 spiro atoms. The molecule has 0 aliphatic carbocycles. The summed E-state index contributed by atoms with van der Waals surface area (Å²) in [4.78, 5) is 28.3. The zero-order valence-electron chi connectivity index (χ0n) is 21.2. The molecule has 1 amide bonds. The zero-order valence-corrected chi connectivity index (χ0v) is 21.2. The smallest absolute Gasteiger partial charge is 0.300 e. The monoisotopic (exact) mass is 485 g/mol. The van der Waals surface area contributed by atoms with Gasteiger partial charge in [0, 0.05) is 16.8 Å². The van der Waals surface area contributed by atoms with E-state index in [2.05, 4.69) is 13.8 Å². The van der Waals surface area contributed by atoms with E-state index in [0.29, 0.717) is 40.8 Å². The second kappa shape index (κ2) is 10.3. The van der Waals surface area contributed by atoms with Crippen molar-refractivity contribution in [1.82, 2.24) is 0 Å². The first-order valence-electron chi connectivity index (χ1n) is 12.0. The maximum absolute atomic E-state index is 13.4. The Morgan fingerprint density at radius 1 is 0.972 bits per heavy atom. The summed E-state index contributed by atoms with van der Waals surface area (Å²) in [5.41, 5.74) is 3.68. The van der Waals surface area contributed by atoms with Crippen LogP contribution in [0, 0.1) is 19.8 Å². The standard InChI is InChI=1S/C30H31NO5/c1-18(2)17-36-23-14-11-21(12-15-23)28(32)26-27(24-8-6-7-9-25(24)35-5)31(30(34)29(26)33)22-13-10-19(3)20(4)16-22/h6-16,18,27,32H,17H2,1-5H3/b28-26+. The highest BCUT2D eigenvalue weighted by molar-refractivity contribution is 6.51. The number of carbonyl (C=O) groups excluding carboxylic acids is 2. The molecule has 0 saturated carbocycles. The van der Waals surface area contributed by atoms with Crippen molar-refractivity contribution in [3.05, 3.63) is 94.6 Å². The van der Waals surface area contributed by atoms with Gasteiger partial charge in [-0.05, 0) is 73.4 Å². The predicted octanol–water partition coefficient (Wildman–Crippen LogP) is 5.97. The van der Waals surface area contributed by atoms with Crippen LogP contribution < -0.4 is 14.4 Å². The van der Waals surface area contributed by atoms with Crippen molar-refractivity contribution in [2.45, 2.75) is 33.7 Å². The van der Waals surface area contributed by atoms with E-state index in [0.717, 1.165) is 11.1 Å². The SMILES string of the molecule is COc1ccccc1C1/C(=C(\O)c2ccc(OCC(C)C)cc2)C(=O)C(=O)N1c1ccc(C)c(C)c1. The van der Waals surface area contributed by atoms with Crippen LogP contribution in [-0.2, 0) is 9.59 Å². The third-order valence-electron chi connectivity index (χ3n) is 6.36. The largest absolute Gasteiger partial charge is 0.507 e. The Balaban J connectivity index is 1.87. The number of aryl methyl sites for hydroxylation is 2. The molecule has 1 unspecified atom stereocenters. The van der Waals surface area contributed by atoms with Crippen molar-refractivity contribution in [2.24, 2.45) is 5.92 Å². The Morgan fingerprint density at radius 3 is 2.31 bits per heavy atom. The average Bonchev–Trinajstić information content (AvgIpc) is 3.14. The molecular formula is C30H31NO5. The van der Waals surface area contributed by atoms with Gasteiger partial charge < -0.3 is 14.6 Å². The van der Waals surface area contributed by atoms with Gasteiger partial charge in [0.2, 0.25) is 0 Å². The summed E-state index contributed by atoms with van der Waals surface area (Å²) < 4.78 is 11.3. The highest BCUT2D eigenvalue weighted by Gasteiger charge is 2.48. The van der Waals surface area contributed by atoms with Crippen LogP contribution in [0.15, 0.2) is 72.3 Å². The van der Waals surface area contributed by atoms with Gasteiger partial charge in [0.15, 0.2) is 0 Å². The number of hydrogen-bond acceptors (Lipinski definition) is 5. The van der Waals surface area contributed by atoms with E-state index in [1.54, 1.807) is 36.4 Å². The molecule has 6 heteroatoms. The number of ether oxygens (including phenoxy) is 2. The number of para-hydroxylation sites is 1. The van der Waals surface area contributed by atoms with E-state index in [9.17, 15) is 14.7 Å². The lowest BCUT2D eigenvalue weighted by Gasteiger charge is -2.27. The van der Waals surface area contributed by atoms with Gasteiger partial charge >= 0.3 is 0 Å². The molecule has 0 aromatic heterocycles. The molecule has 1 atom stereocenters. The van der Waals surface area contributed by atoms with E-state index in [1.165, 1.54) is 12.0 Å². The van der Waals surface area contributed by atoms with Crippen molar-refractivity contribution >= 4 is 23.1 Å². The molecular weight excluding hydrogens is 454 g/mol. The number of aliphatic hydroxyl groups is 1. The van der Waals surface area contributed by atoms with Crippen LogP contribution in [0.2, 0.25) is 0 Å². The highest BCUT2D eigenvalue weighted by atomic mass is 16.5. The fraction of sp³-hybridized carbons (Fsp3) is 0.267. The number of rotatable bonds is 7.